The second-order valence-electron chi connectivity index (χ2n) is 6.29. The van der Waals surface area contributed by atoms with Crippen molar-refractivity contribution in [3.05, 3.63) is 21.3 Å². The lowest BCUT2D eigenvalue weighted by Gasteiger charge is -2.39. The maximum Gasteiger partial charge on any atom is 0.228 e. The summed E-state index contributed by atoms with van der Waals surface area (Å²) in [5.41, 5.74) is -0.315. The van der Waals surface area contributed by atoms with Crippen LogP contribution in [0.15, 0.2) is 12.1 Å². The standard InChI is InChI=1S/C16H25ClN2OS/c1-4-19(11-13-7-8-14(17)21-13)15(20)16(2,3)12-6-5-9-18-10-12/h7-8,12,18H,4-6,9-11H2,1-3H3. The molecule has 1 N–H and O–H groups in total. The lowest BCUT2D eigenvalue weighted by molar-refractivity contribution is -0.144. The number of carbonyl (C=O) groups excluding carboxylic acids is 1. The summed E-state index contributed by atoms with van der Waals surface area (Å²) in [6.07, 6.45) is 2.29. The number of nitrogens with one attached hydrogen (secondary N) is 1. The van der Waals surface area contributed by atoms with Gasteiger partial charge < -0.3 is 10.2 Å². The summed E-state index contributed by atoms with van der Waals surface area (Å²) in [6, 6.07) is 3.91. The Bertz CT molecular complexity index is 480. The van der Waals surface area contributed by atoms with Gasteiger partial charge in [-0.25, -0.2) is 0 Å². The zero-order chi connectivity index (χ0) is 15.5. The van der Waals surface area contributed by atoms with Crippen LogP contribution in [0.1, 0.15) is 38.5 Å². The Morgan fingerprint density at radius 1 is 1.52 bits per heavy atom. The van der Waals surface area contributed by atoms with E-state index >= 15 is 0 Å². The number of carbonyl (C=O) groups is 1. The Labute approximate surface area is 136 Å². The molecule has 0 aromatic carbocycles. The van der Waals surface area contributed by atoms with Crippen molar-refractivity contribution in [2.45, 2.75) is 40.2 Å². The number of halogens is 1. The van der Waals surface area contributed by atoms with Crippen molar-refractivity contribution >= 4 is 28.8 Å². The predicted molar refractivity (Wildman–Crippen MR) is 89.8 cm³/mol. The highest BCUT2D eigenvalue weighted by atomic mass is 35.5. The molecule has 2 heterocycles. The molecule has 0 bridgehead atoms. The van der Waals surface area contributed by atoms with E-state index in [2.05, 4.69) is 19.2 Å². The average molecular weight is 329 g/mol. The molecule has 1 saturated heterocycles. The molecule has 0 aliphatic carbocycles. The van der Waals surface area contributed by atoms with Crippen LogP contribution in [0.2, 0.25) is 4.34 Å². The van der Waals surface area contributed by atoms with Crippen LogP contribution < -0.4 is 5.32 Å². The van der Waals surface area contributed by atoms with E-state index in [0.717, 1.165) is 41.7 Å². The summed E-state index contributed by atoms with van der Waals surface area (Å²) < 4.78 is 0.782. The number of rotatable bonds is 5. The molecule has 5 heteroatoms. The molecule has 1 unspecified atom stereocenters. The first kappa shape index (κ1) is 16.8. The highest BCUT2D eigenvalue weighted by Crippen LogP contribution is 2.34. The first-order chi connectivity index (χ1) is 9.95. The van der Waals surface area contributed by atoms with Gasteiger partial charge in [0.2, 0.25) is 5.91 Å². The van der Waals surface area contributed by atoms with Crippen LogP contribution in [0.4, 0.5) is 0 Å². The lowest BCUT2D eigenvalue weighted by atomic mass is 9.74. The van der Waals surface area contributed by atoms with Crippen molar-refractivity contribution < 1.29 is 4.79 Å². The molecule has 1 aliphatic heterocycles. The zero-order valence-electron chi connectivity index (χ0n) is 13.1. The van der Waals surface area contributed by atoms with Crippen LogP contribution in [0.3, 0.4) is 0 Å². The van der Waals surface area contributed by atoms with Crippen LogP contribution in [0.25, 0.3) is 0 Å². The fraction of sp³-hybridized carbons (Fsp3) is 0.688. The van der Waals surface area contributed by atoms with Crippen molar-refractivity contribution in [2.75, 3.05) is 19.6 Å². The minimum absolute atomic E-state index is 0.253. The van der Waals surface area contributed by atoms with Gasteiger partial charge >= 0.3 is 0 Å². The third kappa shape index (κ3) is 3.99. The number of amides is 1. The van der Waals surface area contributed by atoms with E-state index in [-0.39, 0.29) is 11.3 Å². The second-order valence-corrected chi connectivity index (χ2v) is 8.09. The van der Waals surface area contributed by atoms with Gasteiger partial charge in [0.15, 0.2) is 0 Å². The highest BCUT2D eigenvalue weighted by Gasteiger charge is 2.39. The Morgan fingerprint density at radius 2 is 2.29 bits per heavy atom. The molecule has 1 atom stereocenters. The van der Waals surface area contributed by atoms with E-state index in [4.69, 9.17) is 11.6 Å². The lowest BCUT2D eigenvalue weighted by Crippen LogP contribution is -2.48. The van der Waals surface area contributed by atoms with E-state index in [1.165, 1.54) is 0 Å². The summed E-state index contributed by atoms with van der Waals surface area (Å²) in [5.74, 6) is 0.669. The van der Waals surface area contributed by atoms with Crippen LogP contribution in [0.5, 0.6) is 0 Å². The third-order valence-electron chi connectivity index (χ3n) is 4.51. The summed E-state index contributed by atoms with van der Waals surface area (Å²) in [7, 11) is 0. The third-order valence-corrected chi connectivity index (χ3v) is 5.73. The maximum absolute atomic E-state index is 13.0. The molecule has 0 spiro atoms. The van der Waals surface area contributed by atoms with Gasteiger partial charge in [-0.3, -0.25) is 4.79 Å². The molecule has 2 rings (SSSR count). The van der Waals surface area contributed by atoms with Gasteiger partial charge in [-0.1, -0.05) is 25.4 Å². The van der Waals surface area contributed by atoms with Crippen LogP contribution in [-0.2, 0) is 11.3 Å². The average Bonchev–Trinajstić information content (AvgIpc) is 2.90. The molecule has 1 amide bonds. The van der Waals surface area contributed by atoms with Crippen molar-refractivity contribution in [3.8, 4) is 0 Å². The Balaban J connectivity index is 2.07. The molecule has 1 aromatic heterocycles. The molecule has 0 radical (unpaired) electrons. The summed E-state index contributed by atoms with van der Waals surface area (Å²) in [5, 5.41) is 3.42. The maximum atomic E-state index is 13.0. The molecule has 1 aliphatic rings. The van der Waals surface area contributed by atoms with Crippen LogP contribution in [-0.4, -0.2) is 30.4 Å². The van der Waals surface area contributed by atoms with Crippen molar-refractivity contribution in [1.82, 2.24) is 10.2 Å². The van der Waals surface area contributed by atoms with Gasteiger partial charge in [0.25, 0.3) is 0 Å². The minimum Gasteiger partial charge on any atom is -0.337 e. The van der Waals surface area contributed by atoms with Crippen LogP contribution in [0, 0.1) is 11.3 Å². The zero-order valence-corrected chi connectivity index (χ0v) is 14.7. The van der Waals surface area contributed by atoms with E-state index in [1.54, 1.807) is 11.3 Å². The smallest absolute Gasteiger partial charge is 0.228 e. The molecular weight excluding hydrogens is 304 g/mol. The number of thiophene rings is 1. The van der Waals surface area contributed by atoms with E-state index in [9.17, 15) is 4.79 Å². The monoisotopic (exact) mass is 328 g/mol. The number of hydrogen-bond acceptors (Lipinski definition) is 3. The van der Waals surface area contributed by atoms with Gasteiger partial charge in [0.1, 0.15) is 0 Å². The second kappa shape index (κ2) is 7.12. The quantitative estimate of drug-likeness (QED) is 0.892. The van der Waals surface area contributed by atoms with Gasteiger partial charge in [-0.2, -0.15) is 0 Å². The van der Waals surface area contributed by atoms with Crippen molar-refractivity contribution in [3.63, 3.8) is 0 Å². The molecule has 1 aromatic rings. The summed E-state index contributed by atoms with van der Waals surface area (Å²) in [4.78, 5) is 16.1. The Morgan fingerprint density at radius 3 is 2.81 bits per heavy atom. The minimum atomic E-state index is -0.315. The van der Waals surface area contributed by atoms with Crippen molar-refractivity contribution in [1.29, 1.82) is 0 Å². The number of hydrogen-bond donors (Lipinski definition) is 1. The predicted octanol–water partition coefficient (Wildman–Crippen LogP) is 3.78. The summed E-state index contributed by atoms with van der Waals surface area (Å²) in [6.45, 7) is 9.65. The molecular formula is C16H25ClN2OS. The Kier molecular flexibility index (Phi) is 5.69. The molecule has 118 valence electrons. The SMILES string of the molecule is CCN(Cc1ccc(Cl)s1)C(=O)C(C)(C)C1CCCNC1. The van der Waals surface area contributed by atoms with Crippen LogP contribution >= 0.6 is 22.9 Å². The molecule has 1 fully saturated rings. The fourth-order valence-corrected chi connectivity index (χ4v) is 4.11. The van der Waals surface area contributed by atoms with E-state index in [0.29, 0.717) is 12.5 Å². The summed E-state index contributed by atoms with van der Waals surface area (Å²) >= 11 is 7.54. The first-order valence-electron chi connectivity index (χ1n) is 7.69. The number of piperidine rings is 1. The van der Waals surface area contributed by atoms with Gasteiger partial charge in [-0.05, 0) is 50.9 Å². The van der Waals surface area contributed by atoms with Gasteiger partial charge in [0.05, 0.1) is 10.9 Å². The van der Waals surface area contributed by atoms with E-state index in [1.807, 2.05) is 24.0 Å². The molecule has 3 nitrogen and oxygen atoms in total. The van der Waals surface area contributed by atoms with E-state index < -0.39 is 0 Å². The van der Waals surface area contributed by atoms with Gasteiger partial charge in [-0.15, -0.1) is 11.3 Å². The normalized spacial score (nSPS) is 19.5. The number of nitrogens with zero attached hydrogens (tertiary/aromatic N) is 1. The highest BCUT2D eigenvalue weighted by molar-refractivity contribution is 7.16. The van der Waals surface area contributed by atoms with Crippen molar-refractivity contribution in [2.24, 2.45) is 11.3 Å². The Hall–Kier alpha value is -0.580. The topological polar surface area (TPSA) is 32.3 Å². The molecule has 0 saturated carbocycles. The largest absolute Gasteiger partial charge is 0.337 e. The fourth-order valence-electron chi connectivity index (χ4n) is 3.00. The molecule has 21 heavy (non-hydrogen) atoms. The van der Waals surface area contributed by atoms with Gasteiger partial charge in [0, 0.05) is 16.8 Å². The first-order valence-corrected chi connectivity index (χ1v) is 8.89.